The molecule has 0 bridgehead atoms. The van der Waals surface area contributed by atoms with Crippen LogP contribution in [0.5, 0.6) is 0 Å². The molecule has 0 aromatic heterocycles. The fourth-order valence-electron chi connectivity index (χ4n) is 2.73. The van der Waals surface area contributed by atoms with Gasteiger partial charge in [-0.05, 0) is 75.1 Å². The Morgan fingerprint density at radius 2 is 1.76 bits per heavy atom. The number of nitrogens with two attached hydrogens (primary N) is 1. The van der Waals surface area contributed by atoms with E-state index < -0.39 is 0 Å². The van der Waals surface area contributed by atoms with Crippen LogP contribution in [0, 0.1) is 13.8 Å². The quantitative estimate of drug-likeness (QED) is 0.883. The summed E-state index contributed by atoms with van der Waals surface area (Å²) in [5.41, 5.74) is 12.4. The predicted octanol–water partition coefficient (Wildman–Crippen LogP) is 4.35. The number of benzene rings is 2. The van der Waals surface area contributed by atoms with Crippen LogP contribution < -0.4 is 10.6 Å². The number of hydrogen-bond acceptors (Lipinski definition) is 2. The number of nitrogens with zero attached hydrogens (tertiary/aromatic N) is 1. The van der Waals surface area contributed by atoms with Crippen LogP contribution >= 0.6 is 0 Å². The first-order chi connectivity index (χ1) is 10.0. The molecule has 2 nitrogen and oxygen atoms in total. The number of anilines is 2. The fraction of sp³-hybridized carbons (Fsp3) is 0.368. The van der Waals surface area contributed by atoms with Crippen molar-refractivity contribution < 1.29 is 0 Å². The molecular formula is C19H26N2. The second-order valence-corrected chi connectivity index (χ2v) is 5.88. The molecule has 0 aliphatic carbocycles. The molecule has 0 saturated carbocycles. The first-order valence-corrected chi connectivity index (χ1v) is 7.70. The predicted molar refractivity (Wildman–Crippen MR) is 92.4 cm³/mol. The number of hydrogen-bond donors (Lipinski definition) is 1. The van der Waals surface area contributed by atoms with Crippen molar-refractivity contribution in [3.8, 4) is 0 Å². The van der Waals surface area contributed by atoms with E-state index in [1.54, 1.807) is 0 Å². The molecule has 21 heavy (non-hydrogen) atoms. The van der Waals surface area contributed by atoms with Crippen molar-refractivity contribution in [3.05, 3.63) is 59.2 Å². The van der Waals surface area contributed by atoms with E-state index in [2.05, 4.69) is 75.1 Å². The molecule has 0 radical (unpaired) electrons. The Bertz CT molecular complexity index is 602. The summed E-state index contributed by atoms with van der Waals surface area (Å²) < 4.78 is 0. The highest BCUT2D eigenvalue weighted by Crippen LogP contribution is 2.27. The van der Waals surface area contributed by atoms with Crippen LogP contribution in [-0.2, 0) is 6.42 Å². The number of rotatable bonds is 5. The molecule has 0 spiro atoms. The highest BCUT2D eigenvalue weighted by atomic mass is 15.1. The first kappa shape index (κ1) is 15.6. The lowest BCUT2D eigenvalue weighted by atomic mass is 10.0. The van der Waals surface area contributed by atoms with Crippen molar-refractivity contribution >= 4 is 11.4 Å². The molecular weight excluding hydrogens is 256 g/mol. The maximum atomic E-state index is 5.91. The van der Waals surface area contributed by atoms with E-state index in [0.29, 0.717) is 0 Å². The molecule has 2 rings (SSSR count). The Hall–Kier alpha value is -1.80. The first-order valence-electron chi connectivity index (χ1n) is 7.70. The van der Waals surface area contributed by atoms with Crippen molar-refractivity contribution in [1.82, 2.24) is 0 Å². The molecule has 0 amide bonds. The van der Waals surface area contributed by atoms with Gasteiger partial charge in [-0.15, -0.1) is 0 Å². The van der Waals surface area contributed by atoms with Crippen molar-refractivity contribution in [2.24, 2.45) is 5.73 Å². The highest BCUT2D eigenvalue weighted by Gasteiger charge is 2.09. The Balaban J connectivity index is 2.33. The van der Waals surface area contributed by atoms with Crippen LogP contribution in [0.3, 0.4) is 0 Å². The molecule has 2 N–H and O–H groups in total. The Morgan fingerprint density at radius 3 is 2.33 bits per heavy atom. The van der Waals surface area contributed by atoms with Gasteiger partial charge in [0.1, 0.15) is 0 Å². The summed E-state index contributed by atoms with van der Waals surface area (Å²) in [4.78, 5) is 2.34. The molecule has 0 aliphatic heterocycles. The second kappa shape index (κ2) is 6.77. The summed E-state index contributed by atoms with van der Waals surface area (Å²) in [5, 5.41) is 0. The topological polar surface area (TPSA) is 29.3 Å². The van der Waals surface area contributed by atoms with Crippen LogP contribution in [0.4, 0.5) is 11.4 Å². The van der Waals surface area contributed by atoms with Gasteiger partial charge in [-0.2, -0.15) is 0 Å². The van der Waals surface area contributed by atoms with Gasteiger partial charge in [0.05, 0.1) is 0 Å². The smallest absolute Gasteiger partial charge is 0.0413 e. The summed E-state index contributed by atoms with van der Waals surface area (Å²) in [5.74, 6) is 0. The molecule has 0 heterocycles. The molecule has 0 saturated heterocycles. The number of aryl methyl sites for hydroxylation is 2. The normalized spacial score (nSPS) is 12.2. The van der Waals surface area contributed by atoms with Gasteiger partial charge >= 0.3 is 0 Å². The average Bonchev–Trinajstić information content (AvgIpc) is 2.42. The SMILES string of the molecule is CCN(c1cccc(C)c1)c1ccc(CC(C)N)c(C)c1. The van der Waals surface area contributed by atoms with Gasteiger partial charge in [-0.25, -0.2) is 0 Å². The van der Waals surface area contributed by atoms with Gasteiger partial charge < -0.3 is 10.6 Å². The van der Waals surface area contributed by atoms with E-state index in [0.717, 1.165) is 13.0 Å². The van der Waals surface area contributed by atoms with Gasteiger partial charge in [0, 0.05) is 24.0 Å². The van der Waals surface area contributed by atoms with E-state index in [4.69, 9.17) is 5.73 Å². The minimum atomic E-state index is 0.202. The molecule has 1 unspecified atom stereocenters. The zero-order valence-corrected chi connectivity index (χ0v) is 13.6. The van der Waals surface area contributed by atoms with Gasteiger partial charge in [-0.1, -0.05) is 18.2 Å². The van der Waals surface area contributed by atoms with Gasteiger partial charge in [0.15, 0.2) is 0 Å². The van der Waals surface area contributed by atoms with Crippen LogP contribution in [0.2, 0.25) is 0 Å². The van der Waals surface area contributed by atoms with Gasteiger partial charge in [0.2, 0.25) is 0 Å². The van der Waals surface area contributed by atoms with E-state index in [9.17, 15) is 0 Å². The molecule has 2 aromatic carbocycles. The summed E-state index contributed by atoms with van der Waals surface area (Å²) in [7, 11) is 0. The van der Waals surface area contributed by atoms with Gasteiger partial charge in [-0.3, -0.25) is 0 Å². The van der Waals surface area contributed by atoms with E-state index in [-0.39, 0.29) is 6.04 Å². The van der Waals surface area contributed by atoms with Crippen molar-refractivity contribution in [1.29, 1.82) is 0 Å². The van der Waals surface area contributed by atoms with E-state index >= 15 is 0 Å². The van der Waals surface area contributed by atoms with E-state index in [1.807, 2.05) is 0 Å². The Labute approximate surface area is 128 Å². The average molecular weight is 282 g/mol. The van der Waals surface area contributed by atoms with Crippen LogP contribution in [0.15, 0.2) is 42.5 Å². The van der Waals surface area contributed by atoms with Gasteiger partial charge in [0.25, 0.3) is 0 Å². The molecule has 2 aromatic rings. The minimum Gasteiger partial charge on any atom is -0.342 e. The maximum absolute atomic E-state index is 5.91. The molecule has 2 heteroatoms. The fourth-order valence-corrected chi connectivity index (χ4v) is 2.73. The summed E-state index contributed by atoms with van der Waals surface area (Å²) in [6.45, 7) is 9.50. The Kier molecular flexibility index (Phi) is 5.03. The standard InChI is InChI=1S/C19H26N2/c1-5-21(18-8-6-7-14(2)11-18)19-10-9-17(13-16(4)20)15(3)12-19/h6-12,16H,5,13,20H2,1-4H3. The van der Waals surface area contributed by atoms with Crippen LogP contribution in [-0.4, -0.2) is 12.6 Å². The maximum Gasteiger partial charge on any atom is 0.0413 e. The zero-order valence-electron chi connectivity index (χ0n) is 13.6. The molecule has 0 aliphatic rings. The highest BCUT2D eigenvalue weighted by molar-refractivity contribution is 5.65. The third-order valence-corrected chi connectivity index (χ3v) is 3.81. The second-order valence-electron chi connectivity index (χ2n) is 5.88. The summed E-state index contributed by atoms with van der Waals surface area (Å²) in [6.07, 6.45) is 0.933. The molecule has 112 valence electrons. The monoisotopic (exact) mass is 282 g/mol. The molecule has 1 atom stereocenters. The lowest BCUT2D eigenvalue weighted by Gasteiger charge is -2.25. The lowest BCUT2D eigenvalue weighted by Crippen LogP contribution is -2.19. The van der Waals surface area contributed by atoms with Crippen molar-refractivity contribution in [2.45, 2.75) is 40.2 Å². The zero-order chi connectivity index (χ0) is 15.4. The summed E-state index contributed by atoms with van der Waals surface area (Å²) >= 11 is 0. The van der Waals surface area contributed by atoms with Crippen molar-refractivity contribution in [2.75, 3.05) is 11.4 Å². The van der Waals surface area contributed by atoms with Crippen molar-refractivity contribution in [3.63, 3.8) is 0 Å². The van der Waals surface area contributed by atoms with E-state index in [1.165, 1.54) is 28.1 Å². The third-order valence-electron chi connectivity index (χ3n) is 3.81. The lowest BCUT2D eigenvalue weighted by molar-refractivity contribution is 0.735. The summed E-state index contributed by atoms with van der Waals surface area (Å²) in [6, 6.07) is 15.5. The largest absolute Gasteiger partial charge is 0.342 e. The molecule has 0 fully saturated rings. The third kappa shape index (κ3) is 3.85. The van der Waals surface area contributed by atoms with Crippen LogP contribution in [0.1, 0.15) is 30.5 Å². The Morgan fingerprint density at radius 1 is 1.05 bits per heavy atom. The minimum absolute atomic E-state index is 0.202. The van der Waals surface area contributed by atoms with Crippen LogP contribution in [0.25, 0.3) is 0 Å².